The Hall–Kier alpha value is -1.55. The summed E-state index contributed by atoms with van der Waals surface area (Å²) >= 11 is 0. The first-order valence-corrected chi connectivity index (χ1v) is 6.36. The molecule has 1 fully saturated rings. The second-order valence-corrected chi connectivity index (χ2v) is 4.81. The van der Waals surface area contributed by atoms with Crippen LogP contribution in [-0.2, 0) is 4.74 Å². The van der Waals surface area contributed by atoms with Gasteiger partial charge in [0.15, 0.2) is 0 Å². The zero-order valence-electron chi connectivity index (χ0n) is 10.9. The Morgan fingerprint density at radius 2 is 2.11 bits per heavy atom. The van der Waals surface area contributed by atoms with Crippen LogP contribution in [0.2, 0.25) is 0 Å². The Bertz CT molecular complexity index is 397. The molecule has 98 valence electrons. The van der Waals surface area contributed by atoms with Crippen molar-refractivity contribution in [1.82, 2.24) is 10.6 Å². The molecule has 2 N–H and O–H groups in total. The van der Waals surface area contributed by atoms with Crippen LogP contribution in [0.15, 0.2) is 24.3 Å². The molecule has 0 saturated carbocycles. The maximum Gasteiger partial charge on any atom is 0.315 e. The van der Waals surface area contributed by atoms with E-state index in [1.807, 2.05) is 19.1 Å². The Labute approximate surface area is 108 Å². The minimum Gasteiger partial charge on any atom is -0.379 e. The van der Waals surface area contributed by atoms with Crippen LogP contribution in [0.1, 0.15) is 30.5 Å². The molecule has 1 aliphatic rings. The highest BCUT2D eigenvalue weighted by atomic mass is 16.5. The third-order valence-electron chi connectivity index (χ3n) is 3.19. The van der Waals surface area contributed by atoms with Crippen LogP contribution in [0.25, 0.3) is 0 Å². The SMILES string of the molecule is Cc1ccc(C(C)NC(=O)NC2CCOC2)cc1. The maximum absolute atomic E-state index is 11.8. The lowest BCUT2D eigenvalue weighted by Gasteiger charge is -2.17. The van der Waals surface area contributed by atoms with Gasteiger partial charge >= 0.3 is 6.03 Å². The van der Waals surface area contributed by atoms with Crippen LogP contribution in [0.3, 0.4) is 0 Å². The number of nitrogens with one attached hydrogen (secondary N) is 2. The van der Waals surface area contributed by atoms with Gasteiger partial charge in [-0.2, -0.15) is 0 Å². The van der Waals surface area contributed by atoms with Gasteiger partial charge in [0.05, 0.1) is 18.7 Å². The van der Waals surface area contributed by atoms with E-state index in [-0.39, 0.29) is 18.1 Å². The van der Waals surface area contributed by atoms with E-state index in [0.29, 0.717) is 6.61 Å². The first-order chi connectivity index (χ1) is 8.65. The van der Waals surface area contributed by atoms with Crippen LogP contribution >= 0.6 is 0 Å². The van der Waals surface area contributed by atoms with Crippen molar-refractivity contribution in [3.63, 3.8) is 0 Å². The molecule has 4 nitrogen and oxygen atoms in total. The highest BCUT2D eigenvalue weighted by Crippen LogP contribution is 2.13. The average Bonchev–Trinajstić information content (AvgIpc) is 2.82. The number of urea groups is 1. The summed E-state index contributed by atoms with van der Waals surface area (Å²) in [5, 5.41) is 5.85. The molecule has 2 unspecified atom stereocenters. The summed E-state index contributed by atoms with van der Waals surface area (Å²) in [4.78, 5) is 11.8. The standard InChI is InChI=1S/C14H20N2O2/c1-10-3-5-12(6-4-10)11(2)15-14(17)16-13-7-8-18-9-13/h3-6,11,13H,7-9H2,1-2H3,(H2,15,16,17). The fraction of sp³-hybridized carbons (Fsp3) is 0.500. The Kier molecular flexibility index (Phi) is 4.20. The number of carbonyl (C=O) groups excluding carboxylic acids is 1. The highest BCUT2D eigenvalue weighted by Gasteiger charge is 2.18. The van der Waals surface area contributed by atoms with Gasteiger partial charge < -0.3 is 15.4 Å². The van der Waals surface area contributed by atoms with Gasteiger partial charge in [0.25, 0.3) is 0 Å². The zero-order valence-corrected chi connectivity index (χ0v) is 10.9. The minimum atomic E-state index is -0.126. The van der Waals surface area contributed by atoms with Gasteiger partial charge in [-0.1, -0.05) is 29.8 Å². The van der Waals surface area contributed by atoms with E-state index in [9.17, 15) is 4.79 Å². The number of hydrogen-bond donors (Lipinski definition) is 2. The second-order valence-electron chi connectivity index (χ2n) is 4.81. The molecule has 1 aliphatic heterocycles. The molecule has 2 rings (SSSR count). The molecule has 0 bridgehead atoms. The van der Waals surface area contributed by atoms with E-state index >= 15 is 0 Å². The monoisotopic (exact) mass is 248 g/mol. The van der Waals surface area contributed by atoms with Gasteiger partial charge in [-0.3, -0.25) is 0 Å². The van der Waals surface area contributed by atoms with E-state index in [0.717, 1.165) is 18.6 Å². The van der Waals surface area contributed by atoms with Crippen LogP contribution in [0.4, 0.5) is 4.79 Å². The third-order valence-corrected chi connectivity index (χ3v) is 3.19. The molecule has 0 aliphatic carbocycles. The van der Waals surface area contributed by atoms with E-state index < -0.39 is 0 Å². The largest absolute Gasteiger partial charge is 0.379 e. The summed E-state index contributed by atoms with van der Waals surface area (Å²) in [6, 6.07) is 8.21. The molecule has 0 spiro atoms. The highest BCUT2D eigenvalue weighted by molar-refractivity contribution is 5.74. The molecule has 1 aromatic rings. The third kappa shape index (κ3) is 3.47. The molecule has 0 aromatic heterocycles. The van der Waals surface area contributed by atoms with Crippen molar-refractivity contribution in [2.75, 3.05) is 13.2 Å². The summed E-state index contributed by atoms with van der Waals surface area (Å²) in [5.74, 6) is 0. The lowest BCUT2D eigenvalue weighted by atomic mass is 10.1. The quantitative estimate of drug-likeness (QED) is 0.861. The summed E-state index contributed by atoms with van der Waals surface area (Å²) in [6.07, 6.45) is 0.895. The Morgan fingerprint density at radius 1 is 1.39 bits per heavy atom. The van der Waals surface area contributed by atoms with Crippen molar-refractivity contribution in [2.45, 2.75) is 32.4 Å². The minimum absolute atomic E-state index is 0.00733. The number of carbonyl (C=O) groups is 1. The predicted octanol–water partition coefficient (Wildman–Crippen LogP) is 2.14. The van der Waals surface area contributed by atoms with Gasteiger partial charge in [0.1, 0.15) is 0 Å². The predicted molar refractivity (Wildman–Crippen MR) is 70.5 cm³/mol. The van der Waals surface area contributed by atoms with Crippen molar-refractivity contribution >= 4 is 6.03 Å². The fourth-order valence-corrected chi connectivity index (χ4v) is 2.01. The van der Waals surface area contributed by atoms with Crippen LogP contribution in [0, 0.1) is 6.92 Å². The topological polar surface area (TPSA) is 50.4 Å². The van der Waals surface area contributed by atoms with Gasteiger partial charge in [-0.15, -0.1) is 0 Å². The molecular weight excluding hydrogens is 228 g/mol. The molecular formula is C14H20N2O2. The summed E-state index contributed by atoms with van der Waals surface area (Å²) in [7, 11) is 0. The van der Waals surface area contributed by atoms with Crippen molar-refractivity contribution in [3.05, 3.63) is 35.4 Å². The van der Waals surface area contributed by atoms with Gasteiger partial charge in [0, 0.05) is 6.61 Å². The van der Waals surface area contributed by atoms with E-state index in [2.05, 4.69) is 29.7 Å². The normalized spacial score (nSPS) is 20.4. The van der Waals surface area contributed by atoms with Gasteiger partial charge in [0.2, 0.25) is 0 Å². The van der Waals surface area contributed by atoms with Crippen LogP contribution < -0.4 is 10.6 Å². The van der Waals surface area contributed by atoms with E-state index in [4.69, 9.17) is 4.74 Å². The summed E-state index contributed by atoms with van der Waals surface area (Å²) < 4.78 is 5.22. The Morgan fingerprint density at radius 3 is 2.72 bits per heavy atom. The number of rotatable bonds is 3. The maximum atomic E-state index is 11.8. The number of benzene rings is 1. The van der Waals surface area contributed by atoms with E-state index in [1.54, 1.807) is 0 Å². The molecule has 1 aromatic carbocycles. The van der Waals surface area contributed by atoms with Crippen molar-refractivity contribution < 1.29 is 9.53 Å². The summed E-state index contributed by atoms with van der Waals surface area (Å²) in [5.41, 5.74) is 2.33. The fourth-order valence-electron chi connectivity index (χ4n) is 2.01. The lowest BCUT2D eigenvalue weighted by Crippen LogP contribution is -2.43. The molecule has 18 heavy (non-hydrogen) atoms. The van der Waals surface area contributed by atoms with Crippen molar-refractivity contribution in [1.29, 1.82) is 0 Å². The summed E-state index contributed by atoms with van der Waals surface area (Å²) in [6.45, 7) is 5.38. The molecule has 4 heteroatoms. The first-order valence-electron chi connectivity index (χ1n) is 6.36. The van der Waals surface area contributed by atoms with E-state index in [1.165, 1.54) is 5.56 Å². The lowest BCUT2D eigenvalue weighted by molar-refractivity contribution is 0.188. The smallest absolute Gasteiger partial charge is 0.315 e. The zero-order chi connectivity index (χ0) is 13.0. The molecule has 2 amide bonds. The number of hydrogen-bond acceptors (Lipinski definition) is 2. The molecule has 0 radical (unpaired) electrons. The second kappa shape index (κ2) is 5.87. The molecule has 2 atom stereocenters. The number of amides is 2. The average molecular weight is 248 g/mol. The first kappa shape index (κ1) is 12.9. The van der Waals surface area contributed by atoms with Gasteiger partial charge in [-0.25, -0.2) is 4.79 Å². The van der Waals surface area contributed by atoms with Crippen LogP contribution in [0.5, 0.6) is 0 Å². The van der Waals surface area contributed by atoms with Crippen molar-refractivity contribution in [3.8, 4) is 0 Å². The number of aryl methyl sites for hydroxylation is 1. The van der Waals surface area contributed by atoms with Crippen LogP contribution in [-0.4, -0.2) is 25.3 Å². The van der Waals surface area contributed by atoms with Crippen molar-refractivity contribution in [2.24, 2.45) is 0 Å². The Balaban J connectivity index is 1.84. The molecule has 1 heterocycles. The van der Waals surface area contributed by atoms with Gasteiger partial charge in [-0.05, 0) is 25.8 Å². The molecule has 1 saturated heterocycles. The number of ether oxygens (including phenoxy) is 1.